The van der Waals surface area contributed by atoms with Crippen LogP contribution in [0.5, 0.6) is 0 Å². The highest BCUT2D eigenvalue weighted by atomic mass is 16.6. The quantitative estimate of drug-likeness (QED) is 0.440. The van der Waals surface area contributed by atoms with Gasteiger partial charge in [-0.2, -0.15) is 5.10 Å². The molecule has 1 rings (SSSR count). The average molecular weight is 286 g/mol. The van der Waals surface area contributed by atoms with Crippen LogP contribution in [-0.4, -0.2) is 50.7 Å². The third kappa shape index (κ3) is 5.64. The largest absolute Gasteiger partial charge is 0.396 e. The smallest absolute Gasteiger partial charge is 0.306 e. The van der Waals surface area contributed by atoms with E-state index < -0.39 is 11.0 Å². The first kappa shape index (κ1) is 16.5. The third-order valence-corrected chi connectivity index (χ3v) is 3.00. The zero-order valence-corrected chi connectivity index (χ0v) is 11.8. The molecule has 1 heterocycles. The van der Waals surface area contributed by atoms with Crippen LogP contribution in [0.15, 0.2) is 12.4 Å². The summed E-state index contributed by atoms with van der Waals surface area (Å²) in [5.41, 5.74) is -0.131. The molecule has 8 heteroatoms. The maximum atomic E-state index is 10.5. The molecule has 114 valence electrons. The van der Waals surface area contributed by atoms with Gasteiger partial charge in [0.05, 0.1) is 17.6 Å². The lowest BCUT2D eigenvalue weighted by atomic mass is 9.90. The maximum Gasteiger partial charge on any atom is 0.306 e. The number of hydrogen-bond acceptors (Lipinski definition) is 6. The molecule has 1 aromatic rings. The van der Waals surface area contributed by atoms with E-state index in [0.717, 1.165) is 6.20 Å². The molecule has 3 N–H and O–H groups in total. The second kappa shape index (κ2) is 7.32. The SMILES string of the molecule is CC(C)(CCO)CNCC(O)Cn1cc([N+](=O)[O-])cn1. The second-order valence-corrected chi connectivity index (χ2v) is 5.60. The van der Waals surface area contributed by atoms with Gasteiger partial charge in [-0.3, -0.25) is 14.8 Å². The zero-order valence-electron chi connectivity index (χ0n) is 11.8. The molecular formula is C12H22N4O4. The van der Waals surface area contributed by atoms with Crippen molar-refractivity contribution in [3.8, 4) is 0 Å². The Morgan fingerprint density at radius 2 is 2.30 bits per heavy atom. The van der Waals surface area contributed by atoms with Crippen LogP contribution < -0.4 is 5.32 Å². The summed E-state index contributed by atoms with van der Waals surface area (Å²) in [6.07, 6.45) is 2.45. The van der Waals surface area contributed by atoms with E-state index in [0.29, 0.717) is 19.5 Å². The molecule has 0 amide bonds. The Morgan fingerprint density at radius 3 is 2.85 bits per heavy atom. The van der Waals surface area contributed by atoms with Crippen molar-refractivity contribution in [3.05, 3.63) is 22.5 Å². The van der Waals surface area contributed by atoms with E-state index in [-0.39, 0.29) is 24.3 Å². The van der Waals surface area contributed by atoms with E-state index in [1.165, 1.54) is 10.9 Å². The van der Waals surface area contributed by atoms with Crippen LogP contribution in [0, 0.1) is 15.5 Å². The fourth-order valence-electron chi connectivity index (χ4n) is 1.80. The fourth-order valence-corrected chi connectivity index (χ4v) is 1.80. The normalized spacial score (nSPS) is 13.4. The molecular weight excluding hydrogens is 264 g/mol. The minimum atomic E-state index is -0.681. The van der Waals surface area contributed by atoms with Crippen LogP contribution in [-0.2, 0) is 6.54 Å². The summed E-state index contributed by atoms with van der Waals surface area (Å²) in [6, 6.07) is 0. The average Bonchev–Trinajstić information content (AvgIpc) is 2.77. The van der Waals surface area contributed by atoms with Crippen LogP contribution in [0.4, 0.5) is 5.69 Å². The highest BCUT2D eigenvalue weighted by molar-refractivity contribution is 5.20. The van der Waals surface area contributed by atoms with Gasteiger partial charge in [0.1, 0.15) is 12.4 Å². The predicted octanol–water partition coefficient (Wildman–Crippen LogP) is 0.150. The van der Waals surface area contributed by atoms with E-state index in [2.05, 4.69) is 10.4 Å². The van der Waals surface area contributed by atoms with Gasteiger partial charge in [-0.05, 0) is 11.8 Å². The summed E-state index contributed by atoms with van der Waals surface area (Å²) in [7, 11) is 0. The number of aromatic nitrogens is 2. The van der Waals surface area contributed by atoms with Gasteiger partial charge in [0.2, 0.25) is 0 Å². The molecule has 0 saturated heterocycles. The number of hydrogen-bond donors (Lipinski definition) is 3. The molecule has 0 aromatic carbocycles. The molecule has 0 bridgehead atoms. The molecule has 0 aliphatic rings. The van der Waals surface area contributed by atoms with Crippen LogP contribution in [0.25, 0.3) is 0 Å². The maximum absolute atomic E-state index is 10.5. The molecule has 0 radical (unpaired) electrons. The molecule has 0 aliphatic heterocycles. The van der Waals surface area contributed by atoms with Crippen molar-refractivity contribution < 1.29 is 15.1 Å². The van der Waals surface area contributed by atoms with Crippen molar-refractivity contribution >= 4 is 5.69 Å². The monoisotopic (exact) mass is 286 g/mol. The number of nitrogens with zero attached hydrogens (tertiary/aromatic N) is 3. The van der Waals surface area contributed by atoms with Crippen molar-refractivity contribution in [3.63, 3.8) is 0 Å². The molecule has 8 nitrogen and oxygen atoms in total. The molecule has 1 unspecified atom stereocenters. The lowest BCUT2D eigenvalue weighted by Crippen LogP contribution is -2.36. The lowest BCUT2D eigenvalue weighted by molar-refractivity contribution is -0.385. The summed E-state index contributed by atoms with van der Waals surface area (Å²) in [4.78, 5) is 9.98. The number of nitrogens with one attached hydrogen (secondary N) is 1. The third-order valence-electron chi connectivity index (χ3n) is 3.00. The van der Waals surface area contributed by atoms with Crippen LogP contribution in [0.1, 0.15) is 20.3 Å². The van der Waals surface area contributed by atoms with E-state index in [1.54, 1.807) is 0 Å². The van der Waals surface area contributed by atoms with E-state index >= 15 is 0 Å². The van der Waals surface area contributed by atoms with Gasteiger partial charge < -0.3 is 15.5 Å². The Bertz CT molecular complexity index is 433. The van der Waals surface area contributed by atoms with E-state index in [4.69, 9.17) is 5.11 Å². The van der Waals surface area contributed by atoms with Crippen molar-refractivity contribution in [2.24, 2.45) is 5.41 Å². The van der Waals surface area contributed by atoms with Gasteiger partial charge >= 0.3 is 5.69 Å². The Balaban J connectivity index is 2.32. The summed E-state index contributed by atoms with van der Waals surface area (Å²) in [5, 5.41) is 36.2. The van der Waals surface area contributed by atoms with Gasteiger partial charge in [0, 0.05) is 19.7 Å². The van der Waals surface area contributed by atoms with Crippen LogP contribution in [0.2, 0.25) is 0 Å². The lowest BCUT2D eigenvalue weighted by Gasteiger charge is -2.24. The first-order valence-corrected chi connectivity index (χ1v) is 6.50. The van der Waals surface area contributed by atoms with Gasteiger partial charge in [0.25, 0.3) is 0 Å². The fraction of sp³-hybridized carbons (Fsp3) is 0.750. The van der Waals surface area contributed by atoms with Gasteiger partial charge in [-0.15, -0.1) is 0 Å². The van der Waals surface area contributed by atoms with Crippen LogP contribution >= 0.6 is 0 Å². The van der Waals surface area contributed by atoms with Gasteiger partial charge in [0.15, 0.2) is 0 Å². The number of aliphatic hydroxyl groups excluding tert-OH is 2. The number of aliphatic hydroxyl groups is 2. The standard InChI is InChI=1S/C12H22N4O4/c1-12(2,3-4-17)9-13-6-11(18)8-15-7-10(5-14-15)16(19)20/h5,7,11,13,17-18H,3-4,6,8-9H2,1-2H3. The van der Waals surface area contributed by atoms with Gasteiger partial charge in [-0.1, -0.05) is 13.8 Å². The number of rotatable bonds is 9. The molecule has 0 saturated carbocycles. The minimum absolute atomic E-state index is 0.0427. The zero-order chi connectivity index (χ0) is 15.2. The highest BCUT2D eigenvalue weighted by Gasteiger charge is 2.17. The molecule has 0 aliphatic carbocycles. The number of nitro groups is 1. The topological polar surface area (TPSA) is 113 Å². The minimum Gasteiger partial charge on any atom is -0.396 e. The molecule has 20 heavy (non-hydrogen) atoms. The first-order valence-electron chi connectivity index (χ1n) is 6.50. The van der Waals surface area contributed by atoms with E-state index in [1.807, 2.05) is 13.8 Å². The predicted molar refractivity (Wildman–Crippen MR) is 73.2 cm³/mol. The molecule has 0 spiro atoms. The Kier molecular flexibility index (Phi) is 6.05. The van der Waals surface area contributed by atoms with Crippen molar-refractivity contribution in [1.82, 2.24) is 15.1 Å². The Morgan fingerprint density at radius 1 is 1.60 bits per heavy atom. The van der Waals surface area contributed by atoms with Gasteiger partial charge in [-0.25, -0.2) is 0 Å². The van der Waals surface area contributed by atoms with E-state index in [9.17, 15) is 15.2 Å². The first-order chi connectivity index (χ1) is 9.34. The molecule has 1 atom stereocenters. The summed E-state index contributed by atoms with van der Waals surface area (Å²) < 4.78 is 1.35. The van der Waals surface area contributed by atoms with Crippen LogP contribution in [0.3, 0.4) is 0 Å². The summed E-state index contributed by atoms with van der Waals surface area (Å²) >= 11 is 0. The second-order valence-electron chi connectivity index (χ2n) is 5.60. The molecule has 0 fully saturated rings. The summed E-state index contributed by atoms with van der Waals surface area (Å²) in [5.74, 6) is 0. The Hall–Kier alpha value is -1.51. The Labute approximate surface area is 117 Å². The highest BCUT2D eigenvalue weighted by Crippen LogP contribution is 2.17. The van der Waals surface area contributed by atoms with Crippen molar-refractivity contribution in [2.75, 3.05) is 19.7 Å². The molecule has 1 aromatic heterocycles. The van der Waals surface area contributed by atoms with Crippen molar-refractivity contribution in [2.45, 2.75) is 32.9 Å². The summed E-state index contributed by atoms with van der Waals surface area (Å²) in [6.45, 7) is 5.42. The van der Waals surface area contributed by atoms with Crippen molar-refractivity contribution in [1.29, 1.82) is 0 Å².